The fraction of sp³-hybridized carbons (Fsp3) is 0.409. The molecule has 0 bridgehead atoms. The van der Waals surface area contributed by atoms with E-state index in [0.717, 1.165) is 19.2 Å². The maximum atomic E-state index is 14.2. The zero-order chi connectivity index (χ0) is 25.1. The minimum atomic E-state index is -4.90. The molecule has 2 aromatic carbocycles. The van der Waals surface area contributed by atoms with Crippen molar-refractivity contribution in [1.82, 2.24) is 5.32 Å². The Morgan fingerprint density at radius 2 is 1.67 bits per heavy atom. The Morgan fingerprint density at radius 1 is 1.03 bits per heavy atom. The second-order valence-electron chi connectivity index (χ2n) is 7.82. The van der Waals surface area contributed by atoms with E-state index in [4.69, 9.17) is 0 Å². The summed E-state index contributed by atoms with van der Waals surface area (Å²) < 4.78 is 99.0. The van der Waals surface area contributed by atoms with Gasteiger partial charge in [0.05, 0.1) is 12.7 Å². The molecule has 4 nitrogen and oxygen atoms in total. The van der Waals surface area contributed by atoms with Gasteiger partial charge in [-0.1, -0.05) is 26.0 Å². The van der Waals surface area contributed by atoms with Crippen molar-refractivity contribution in [1.29, 1.82) is 0 Å². The maximum absolute atomic E-state index is 14.2. The predicted molar refractivity (Wildman–Crippen MR) is 106 cm³/mol. The number of hydrogen-bond acceptors (Lipinski definition) is 4. The molecule has 0 aromatic heterocycles. The lowest BCUT2D eigenvalue weighted by molar-refractivity contribution is -0.164. The summed E-state index contributed by atoms with van der Waals surface area (Å²) in [4.78, 5) is 12.0. The van der Waals surface area contributed by atoms with E-state index in [2.05, 4.69) is 10.1 Å². The Balaban J connectivity index is 2.49. The quantitative estimate of drug-likeness (QED) is 0.376. The molecule has 0 saturated heterocycles. The van der Waals surface area contributed by atoms with Crippen molar-refractivity contribution in [3.63, 3.8) is 0 Å². The van der Waals surface area contributed by atoms with Crippen LogP contribution in [0.3, 0.4) is 0 Å². The van der Waals surface area contributed by atoms with E-state index in [-0.39, 0.29) is 12.3 Å². The number of phenols is 1. The highest BCUT2D eigenvalue weighted by atomic mass is 19.4. The maximum Gasteiger partial charge on any atom is 0.416 e. The number of alkyl halides is 6. The van der Waals surface area contributed by atoms with Crippen LogP contribution in [0, 0.1) is 11.7 Å². The van der Waals surface area contributed by atoms with Crippen LogP contribution >= 0.6 is 0 Å². The molecule has 0 heterocycles. The van der Waals surface area contributed by atoms with E-state index in [1.807, 2.05) is 0 Å². The Hall–Kier alpha value is -2.82. The van der Waals surface area contributed by atoms with E-state index in [1.165, 1.54) is 0 Å². The van der Waals surface area contributed by atoms with E-state index in [9.17, 15) is 40.6 Å². The molecule has 2 unspecified atom stereocenters. The second-order valence-corrected chi connectivity index (χ2v) is 7.82. The molecule has 0 aliphatic heterocycles. The van der Waals surface area contributed by atoms with Crippen LogP contribution in [0.4, 0.5) is 30.7 Å². The number of carbonyl (C=O) groups is 1. The summed E-state index contributed by atoms with van der Waals surface area (Å²) in [6.07, 6.45) is -9.67. The van der Waals surface area contributed by atoms with Crippen LogP contribution < -0.4 is 5.32 Å². The van der Waals surface area contributed by atoms with Crippen LogP contribution in [0.15, 0.2) is 36.4 Å². The summed E-state index contributed by atoms with van der Waals surface area (Å²) in [5, 5.41) is 12.5. The van der Waals surface area contributed by atoms with Crippen molar-refractivity contribution >= 4 is 5.97 Å². The Morgan fingerprint density at radius 3 is 2.15 bits per heavy atom. The topological polar surface area (TPSA) is 58.6 Å². The van der Waals surface area contributed by atoms with Gasteiger partial charge in [0.1, 0.15) is 23.7 Å². The zero-order valence-corrected chi connectivity index (χ0v) is 17.8. The molecule has 11 heteroatoms. The van der Waals surface area contributed by atoms with E-state index < -0.39 is 64.2 Å². The number of phenolic OH excluding ortho intramolecular Hbond substituents is 1. The van der Waals surface area contributed by atoms with E-state index >= 15 is 0 Å². The van der Waals surface area contributed by atoms with Crippen LogP contribution in [0.5, 0.6) is 5.75 Å². The summed E-state index contributed by atoms with van der Waals surface area (Å²) in [5.74, 6) is -3.03. The van der Waals surface area contributed by atoms with Gasteiger partial charge in [-0.05, 0) is 42.2 Å². The molecule has 2 aromatic rings. The zero-order valence-electron chi connectivity index (χ0n) is 17.8. The van der Waals surface area contributed by atoms with Gasteiger partial charge in [0.25, 0.3) is 0 Å². The van der Waals surface area contributed by atoms with Gasteiger partial charge in [-0.15, -0.1) is 0 Å². The average Bonchev–Trinajstić information content (AvgIpc) is 2.69. The van der Waals surface area contributed by atoms with Gasteiger partial charge in [0, 0.05) is 11.1 Å². The van der Waals surface area contributed by atoms with Crippen molar-refractivity contribution in [3.05, 3.63) is 53.3 Å². The van der Waals surface area contributed by atoms with Crippen LogP contribution in [0.2, 0.25) is 0 Å². The number of methoxy groups -OCH3 is 1. The normalized spacial score (nSPS) is 14.3. The summed E-state index contributed by atoms with van der Waals surface area (Å²) in [6.45, 7) is 3.40. The number of rotatable bonds is 7. The number of carbonyl (C=O) groups excluding carboxylic acids is 1. The average molecular weight is 481 g/mol. The van der Waals surface area contributed by atoms with Gasteiger partial charge in [0.15, 0.2) is 0 Å². The molecule has 0 amide bonds. The van der Waals surface area contributed by atoms with Crippen LogP contribution in [0.25, 0.3) is 11.1 Å². The number of hydrogen-bond donors (Lipinski definition) is 2. The molecule has 2 rings (SSSR count). The van der Waals surface area contributed by atoms with Crippen molar-refractivity contribution < 1.29 is 45.4 Å². The number of aromatic hydroxyl groups is 1. The van der Waals surface area contributed by atoms with Crippen molar-refractivity contribution in [2.45, 2.75) is 44.7 Å². The third-order valence-electron chi connectivity index (χ3n) is 4.83. The Kier molecular flexibility index (Phi) is 8.00. The molecular formula is C22H22F7NO3. The van der Waals surface area contributed by atoms with Gasteiger partial charge >= 0.3 is 18.3 Å². The first-order valence-electron chi connectivity index (χ1n) is 9.75. The highest BCUT2D eigenvalue weighted by Crippen LogP contribution is 2.40. The number of nitrogens with one attached hydrogen (secondary N) is 1. The highest BCUT2D eigenvalue weighted by Gasteiger charge is 2.43. The fourth-order valence-electron chi connectivity index (χ4n) is 3.29. The Labute approximate surface area is 185 Å². The molecular weight excluding hydrogens is 459 g/mol. The van der Waals surface area contributed by atoms with Gasteiger partial charge in [0.2, 0.25) is 0 Å². The standard InChI is InChI=1S/C22H22F7NO3/c1-11(2)8-17(20(32)33-3)30-19(22(27,28)29)12-4-6-14(18(31)9-12)15-10-13(21(24,25)26)5-7-16(15)23/h4-7,9-11,17,19,30-31H,8H2,1-3H3. The minimum Gasteiger partial charge on any atom is -0.507 e. The number of benzene rings is 2. The molecule has 2 atom stereocenters. The van der Waals surface area contributed by atoms with Crippen molar-refractivity contribution in [3.8, 4) is 16.9 Å². The third kappa shape index (κ3) is 6.59. The first-order chi connectivity index (χ1) is 15.1. The molecule has 0 saturated carbocycles. The lowest BCUT2D eigenvalue weighted by Crippen LogP contribution is -2.45. The highest BCUT2D eigenvalue weighted by molar-refractivity contribution is 5.76. The van der Waals surface area contributed by atoms with E-state index in [0.29, 0.717) is 24.3 Å². The largest absolute Gasteiger partial charge is 0.507 e. The van der Waals surface area contributed by atoms with Gasteiger partial charge in [-0.25, -0.2) is 4.39 Å². The third-order valence-corrected chi connectivity index (χ3v) is 4.83. The summed E-state index contributed by atoms with van der Waals surface area (Å²) >= 11 is 0. The smallest absolute Gasteiger partial charge is 0.416 e. The molecule has 0 fully saturated rings. The molecule has 33 heavy (non-hydrogen) atoms. The van der Waals surface area contributed by atoms with Gasteiger partial charge in [-0.3, -0.25) is 10.1 Å². The van der Waals surface area contributed by atoms with Crippen molar-refractivity contribution in [2.75, 3.05) is 7.11 Å². The van der Waals surface area contributed by atoms with E-state index in [1.54, 1.807) is 13.8 Å². The number of esters is 1. The molecule has 182 valence electrons. The molecule has 2 N–H and O–H groups in total. The molecule has 0 spiro atoms. The Bertz CT molecular complexity index is 987. The number of halogens is 7. The van der Waals surface area contributed by atoms with Crippen LogP contribution in [-0.2, 0) is 15.7 Å². The van der Waals surface area contributed by atoms with Gasteiger partial charge in [-0.2, -0.15) is 26.3 Å². The lowest BCUT2D eigenvalue weighted by Gasteiger charge is -2.27. The first-order valence-corrected chi connectivity index (χ1v) is 9.75. The lowest BCUT2D eigenvalue weighted by atomic mass is 9.96. The SMILES string of the molecule is COC(=O)C(CC(C)C)NC(c1ccc(-c2cc(C(F)(F)F)ccc2F)c(O)c1)C(F)(F)F. The summed E-state index contributed by atoms with van der Waals surface area (Å²) in [6, 6.07) is 0.247. The summed E-state index contributed by atoms with van der Waals surface area (Å²) in [7, 11) is 1.03. The predicted octanol–water partition coefficient (Wildman–Crippen LogP) is 6.00. The fourth-order valence-corrected chi connectivity index (χ4v) is 3.29. The summed E-state index contributed by atoms with van der Waals surface area (Å²) in [5.41, 5.74) is -2.76. The van der Waals surface area contributed by atoms with Crippen LogP contribution in [0.1, 0.15) is 37.4 Å². The molecule has 0 aliphatic carbocycles. The molecule has 0 aliphatic rings. The first kappa shape index (κ1) is 26.4. The second kappa shape index (κ2) is 9.98. The van der Waals surface area contributed by atoms with Crippen molar-refractivity contribution in [2.24, 2.45) is 5.92 Å². The van der Waals surface area contributed by atoms with Crippen LogP contribution in [-0.4, -0.2) is 30.4 Å². The monoisotopic (exact) mass is 481 g/mol. The molecule has 0 radical (unpaired) electrons. The number of ether oxygens (including phenoxy) is 1. The minimum absolute atomic E-state index is 0.0266. The van der Waals surface area contributed by atoms with Gasteiger partial charge < -0.3 is 9.84 Å².